The molecule has 6 fully saturated rings. The summed E-state index contributed by atoms with van der Waals surface area (Å²) in [6, 6.07) is 0.688. The summed E-state index contributed by atoms with van der Waals surface area (Å²) >= 11 is 0. The van der Waals surface area contributed by atoms with Gasteiger partial charge < -0.3 is 4.74 Å². The summed E-state index contributed by atoms with van der Waals surface area (Å²) < 4.78 is 6.12. The number of hydrogen-bond acceptors (Lipinski definition) is 3. The molecule has 1 heterocycles. The lowest BCUT2D eigenvalue weighted by Crippen LogP contribution is -2.63. The maximum Gasteiger partial charge on any atom is 0.159 e. The van der Waals surface area contributed by atoms with Crippen molar-refractivity contribution in [2.45, 2.75) is 85.1 Å². The van der Waals surface area contributed by atoms with E-state index in [2.05, 4.69) is 45.7 Å². The number of ether oxygens (including phenoxy) is 1. The Morgan fingerprint density at radius 3 is 2.52 bits per heavy atom. The van der Waals surface area contributed by atoms with Gasteiger partial charge in [0.05, 0.1) is 13.3 Å². The summed E-state index contributed by atoms with van der Waals surface area (Å²) in [4.78, 5) is 15.5. The van der Waals surface area contributed by atoms with Crippen molar-refractivity contribution in [3.63, 3.8) is 0 Å². The Morgan fingerprint density at radius 2 is 1.76 bits per heavy atom. The topological polar surface area (TPSA) is 29.5 Å². The molecule has 8 atom stereocenters. The van der Waals surface area contributed by atoms with Crippen LogP contribution in [-0.4, -0.2) is 37.1 Å². The molecule has 0 radical (unpaired) electrons. The monoisotopic (exact) mass is 397 g/mol. The second-order valence-electron chi connectivity index (χ2n) is 12.5. The Bertz CT molecular complexity index is 820. The van der Waals surface area contributed by atoms with Gasteiger partial charge in [0, 0.05) is 23.3 Å². The molecule has 6 rings (SSSR count). The molecular weight excluding hydrogens is 358 g/mol. The van der Waals surface area contributed by atoms with Crippen LogP contribution in [0.4, 0.5) is 0 Å². The zero-order valence-corrected chi connectivity index (χ0v) is 19.1. The van der Waals surface area contributed by atoms with Crippen LogP contribution in [0.1, 0.15) is 79.1 Å². The first-order valence-corrected chi connectivity index (χ1v) is 12.2. The quantitative estimate of drug-likeness (QED) is 0.526. The first-order valence-electron chi connectivity index (χ1n) is 12.2. The van der Waals surface area contributed by atoms with Crippen molar-refractivity contribution in [1.29, 1.82) is 0 Å². The van der Waals surface area contributed by atoms with E-state index in [0.717, 1.165) is 37.2 Å². The van der Waals surface area contributed by atoms with E-state index in [0.29, 0.717) is 28.1 Å². The highest BCUT2D eigenvalue weighted by molar-refractivity contribution is 6.00. The maximum atomic E-state index is 13.0. The average molecular weight is 398 g/mol. The molecule has 6 aliphatic rings. The van der Waals surface area contributed by atoms with Crippen molar-refractivity contribution in [3.8, 4) is 0 Å². The van der Waals surface area contributed by atoms with Crippen LogP contribution < -0.4 is 0 Å². The fraction of sp³-hybridized carbons (Fsp3) is 0.885. The normalized spacial score (nSPS) is 60.1. The largest absolute Gasteiger partial charge is 0.365 e. The third kappa shape index (κ3) is 1.85. The molecule has 2 spiro atoms. The fourth-order valence-corrected chi connectivity index (χ4v) is 10.8. The van der Waals surface area contributed by atoms with Crippen LogP contribution in [0.5, 0.6) is 0 Å². The number of carbonyl (C=O) groups is 1. The minimum atomic E-state index is 0.0979. The molecule has 0 amide bonds. The van der Waals surface area contributed by atoms with E-state index in [1.807, 2.05) is 0 Å². The summed E-state index contributed by atoms with van der Waals surface area (Å²) in [7, 11) is 2.27. The molecule has 0 N–H and O–H groups in total. The molecule has 160 valence electrons. The van der Waals surface area contributed by atoms with Crippen molar-refractivity contribution in [2.75, 3.05) is 20.4 Å². The van der Waals surface area contributed by atoms with Gasteiger partial charge in [-0.2, -0.15) is 0 Å². The van der Waals surface area contributed by atoms with Crippen molar-refractivity contribution in [2.24, 2.45) is 38.9 Å². The Kier molecular flexibility index (Phi) is 3.54. The standard InChI is InChI=1S/C26H39NO2/c1-6-17-18(28)13-24(4)20-8-7-19-22(2)15-29-16-27(5)21(22)9-10-25(19)14-26(20,25)12-11-23(17,24)3/h6,19-21H,7-16H2,1-5H3. The first kappa shape index (κ1) is 19.0. The zero-order valence-electron chi connectivity index (χ0n) is 19.1. The van der Waals surface area contributed by atoms with Gasteiger partial charge in [0.2, 0.25) is 0 Å². The molecule has 0 aromatic carbocycles. The van der Waals surface area contributed by atoms with E-state index in [1.165, 1.54) is 44.9 Å². The average Bonchev–Trinajstić information content (AvgIpc) is 3.27. The Hall–Kier alpha value is -0.670. The number of Topliss-reactive ketones (excluding diaryl/α,β-unsaturated/α-hetero) is 1. The van der Waals surface area contributed by atoms with Gasteiger partial charge >= 0.3 is 0 Å². The van der Waals surface area contributed by atoms with Crippen molar-refractivity contribution < 1.29 is 9.53 Å². The summed E-state index contributed by atoms with van der Waals surface area (Å²) in [5.74, 6) is 1.98. The van der Waals surface area contributed by atoms with Crippen LogP contribution in [-0.2, 0) is 9.53 Å². The van der Waals surface area contributed by atoms with Crippen LogP contribution in [0.3, 0.4) is 0 Å². The van der Waals surface area contributed by atoms with Gasteiger partial charge in [0.1, 0.15) is 0 Å². The molecule has 3 heteroatoms. The number of ketones is 1. The van der Waals surface area contributed by atoms with Crippen LogP contribution in [0.2, 0.25) is 0 Å². The fourth-order valence-electron chi connectivity index (χ4n) is 10.8. The summed E-state index contributed by atoms with van der Waals surface area (Å²) in [5.41, 5.74) is 2.77. The minimum Gasteiger partial charge on any atom is -0.365 e. The smallest absolute Gasteiger partial charge is 0.159 e. The van der Waals surface area contributed by atoms with E-state index in [1.54, 1.807) is 0 Å². The lowest BCUT2D eigenvalue weighted by Gasteiger charge is -2.64. The molecular formula is C26H39NO2. The number of hydrogen-bond donors (Lipinski definition) is 0. The second kappa shape index (κ2) is 5.38. The first-order chi connectivity index (χ1) is 13.7. The molecule has 0 bridgehead atoms. The van der Waals surface area contributed by atoms with E-state index in [4.69, 9.17) is 4.74 Å². The third-order valence-electron chi connectivity index (χ3n) is 12.0. The number of carbonyl (C=O) groups excluding carboxylic acids is 1. The summed E-state index contributed by atoms with van der Waals surface area (Å²) in [5, 5.41) is 0. The van der Waals surface area contributed by atoms with Crippen molar-refractivity contribution in [3.05, 3.63) is 11.6 Å². The predicted octanol–water partition coefficient (Wildman–Crippen LogP) is 5.20. The highest BCUT2D eigenvalue weighted by Crippen LogP contribution is 2.88. The molecule has 0 aromatic rings. The minimum absolute atomic E-state index is 0.0979. The SMILES string of the molecule is CC=C1C(=O)CC2(C)C3CCC4C5(C)COCN(C)C5CCC45CC35CCC12C. The highest BCUT2D eigenvalue weighted by atomic mass is 16.5. The van der Waals surface area contributed by atoms with Crippen LogP contribution >= 0.6 is 0 Å². The zero-order chi connectivity index (χ0) is 20.4. The molecule has 1 saturated heterocycles. The summed E-state index contributed by atoms with van der Waals surface area (Å²) in [6.45, 7) is 11.3. The molecule has 8 unspecified atom stereocenters. The second-order valence-corrected chi connectivity index (χ2v) is 12.5. The predicted molar refractivity (Wildman–Crippen MR) is 114 cm³/mol. The van der Waals surface area contributed by atoms with Crippen LogP contribution in [0, 0.1) is 38.9 Å². The van der Waals surface area contributed by atoms with Gasteiger partial charge in [-0.05, 0) is 92.6 Å². The molecule has 1 aliphatic heterocycles. The highest BCUT2D eigenvalue weighted by Gasteiger charge is 2.82. The van der Waals surface area contributed by atoms with Crippen molar-refractivity contribution in [1.82, 2.24) is 4.90 Å². The molecule has 5 aliphatic carbocycles. The van der Waals surface area contributed by atoms with E-state index < -0.39 is 0 Å². The molecule has 29 heavy (non-hydrogen) atoms. The number of allylic oxidation sites excluding steroid dienone is 2. The molecule has 5 saturated carbocycles. The van der Waals surface area contributed by atoms with Gasteiger partial charge in [-0.25, -0.2) is 0 Å². The number of fused-ring (bicyclic) bond motifs is 4. The van der Waals surface area contributed by atoms with Gasteiger partial charge in [0.25, 0.3) is 0 Å². The lowest BCUT2D eigenvalue weighted by molar-refractivity contribution is -0.198. The van der Waals surface area contributed by atoms with Gasteiger partial charge in [-0.1, -0.05) is 26.8 Å². The van der Waals surface area contributed by atoms with E-state index in [-0.39, 0.29) is 10.8 Å². The lowest BCUT2D eigenvalue weighted by atomic mass is 9.42. The maximum absolute atomic E-state index is 13.0. The number of rotatable bonds is 0. The van der Waals surface area contributed by atoms with E-state index in [9.17, 15) is 4.79 Å². The van der Waals surface area contributed by atoms with Crippen LogP contribution in [0.25, 0.3) is 0 Å². The van der Waals surface area contributed by atoms with Crippen molar-refractivity contribution >= 4 is 5.78 Å². The Balaban J connectivity index is 1.41. The Morgan fingerprint density at radius 1 is 1.03 bits per heavy atom. The third-order valence-corrected chi connectivity index (χ3v) is 12.0. The summed E-state index contributed by atoms with van der Waals surface area (Å²) in [6.07, 6.45) is 12.4. The van der Waals surface area contributed by atoms with Gasteiger partial charge in [-0.3, -0.25) is 9.69 Å². The van der Waals surface area contributed by atoms with Gasteiger partial charge in [0.15, 0.2) is 5.78 Å². The van der Waals surface area contributed by atoms with Gasteiger partial charge in [-0.15, -0.1) is 0 Å². The molecule has 0 aromatic heterocycles. The van der Waals surface area contributed by atoms with Crippen LogP contribution in [0.15, 0.2) is 11.6 Å². The Labute approximate surface area is 176 Å². The molecule has 3 nitrogen and oxygen atoms in total. The number of nitrogens with zero attached hydrogens (tertiary/aromatic N) is 1. The van der Waals surface area contributed by atoms with E-state index >= 15 is 0 Å².